The Morgan fingerprint density at radius 2 is 2.22 bits per heavy atom. The SMILES string of the molecule is Cn1ncc(N)c1NS(=O)(=O)c1ncccc1F. The average molecular weight is 271 g/mol. The summed E-state index contributed by atoms with van der Waals surface area (Å²) in [5, 5.41) is 3.08. The van der Waals surface area contributed by atoms with Crippen LogP contribution in [0, 0.1) is 5.82 Å². The monoisotopic (exact) mass is 271 g/mol. The maximum Gasteiger partial charge on any atom is 0.283 e. The van der Waals surface area contributed by atoms with Gasteiger partial charge in [0.05, 0.1) is 11.9 Å². The molecule has 7 nitrogen and oxygen atoms in total. The third kappa shape index (κ3) is 2.12. The maximum atomic E-state index is 13.4. The molecule has 0 aliphatic heterocycles. The summed E-state index contributed by atoms with van der Waals surface area (Å²) in [7, 11) is -2.63. The van der Waals surface area contributed by atoms with E-state index >= 15 is 0 Å². The first-order valence-electron chi connectivity index (χ1n) is 4.82. The predicted molar refractivity (Wildman–Crippen MR) is 62.6 cm³/mol. The zero-order valence-electron chi connectivity index (χ0n) is 9.33. The van der Waals surface area contributed by atoms with Crippen LogP contribution in [0.3, 0.4) is 0 Å². The summed E-state index contributed by atoms with van der Waals surface area (Å²) in [4.78, 5) is 3.49. The lowest BCUT2D eigenvalue weighted by molar-refractivity contribution is 0.556. The third-order valence-corrected chi connectivity index (χ3v) is 3.45. The minimum absolute atomic E-state index is 0.0556. The Hall–Kier alpha value is -2.16. The minimum atomic E-state index is -4.14. The molecule has 0 aliphatic rings. The highest BCUT2D eigenvalue weighted by molar-refractivity contribution is 7.92. The van der Waals surface area contributed by atoms with Gasteiger partial charge >= 0.3 is 0 Å². The fourth-order valence-corrected chi connectivity index (χ4v) is 2.45. The van der Waals surface area contributed by atoms with Gasteiger partial charge in [-0.3, -0.25) is 9.40 Å². The predicted octanol–water partition coefficient (Wildman–Crippen LogP) is 0.337. The first-order chi connectivity index (χ1) is 8.42. The van der Waals surface area contributed by atoms with Crippen molar-refractivity contribution in [3.63, 3.8) is 0 Å². The molecule has 0 fully saturated rings. The Morgan fingerprint density at radius 1 is 1.50 bits per heavy atom. The molecule has 2 heterocycles. The summed E-state index contributed by atoms with van der Waals surface area (Å²) < 4.78 is 40.6. The van der Waals surface area contributed by atoms with Gasteiger partial charge in [-0.05, 0) is 12.1 Å². The molecule has 0 radical (unpaired) electrons. The van der Waals surface area contributed by atoms with E-state index in [1.165, 1.54) is 30.2 Å². The van der Waals surface area contributed by atoms with E-state index in [1.807, 2.05) is 0 Å². The van der Waals surface area contributed by atoms with Crippen LogP contribution >= 0.6 is 0 Å². The number of pyridine rings is 1. The highest BCUT2D eigenvalue weighted by Gasteiger charge is 2.22. The van der Waals surface area contributed by atoms with Gasteiger partial charge in [-0.15, -0.1) is 0 Å². The van der Waals surface area contributed by atoms with Crippen LogP contribution in [0.4, 0.5) is 15.9 Å². The Morgan fingerprint density at radius 3 is 2.78 bits per heavy atom. The van der Waals surface area contributed by atoms with Crippen LogP contribution in [0.15, 0.2) is 29.6 Å². The van der Waals surface area contributed by atoms with Crippen molar-refractivity contribution in [3.05, 3.63) is 30.3 Å². The zero-order valence-corrected chi connectivity index (χ0v) is 10.1. The van der Waals surface area contributed by atoms with Gasteiger partial charge < -0.3 is 5.73 Å². The Kier molecular flexibility index (Phi) is 2.91. The van der Waals surface area contributed by atoms with Crippen molar-refractivity contribution in [2.45, 2.75) is 5.03 Å². The summed E-state index contributed by atoms with van der Waals surface area (Å²) in [5.41, 5.74) is 5.68. The van der Waals surface area contributed by atoms with Gasteiger partial charge in [-0.2, -0.15) is 13.5 Å². The molecule has 0 saturated heterocycles. The second kappa shape index (κ2) is 4.26. The van der Waals surface area contributed by atoms with E-state index in [0.29, 0.717) is 0 Å². The van der Waals surface area contributed by atoms with Crippen molar-refractivity contribution in [2.24, 2.45) is 7.05 Å². The quantitative estimate of drug-likeness (QED) is 0.837. The lowest BCUT2D eigenvalue weighted by Gasteiger charge is -2.08. The molecule has 96 valence electrons. The van der Waals surface area contributed by atoms with Gasteiger partial charge in [0.15, 0.2) is 11.6 Å². The van der Waals surface area contributed by atoms with Gasteiger partial charge in [0.2, 0.25) is 5.03 Å². The molecule has 18 heavy (non-hydrogen) atoms. The topological polar surface area (TPSA) is 103 Å². The van der Waals surface area contributed by atoms with Gasteiger partial charge in [0.1, 0.15) is 0 Å². The number of anilines is 2. The van der Waals surface area contributed by atoms with Gasteiger partial charge in [0, 0.05) is 13.2 Å². The van der Waals surface area contributed by atoms with Crippen molar-refractivity contribution in [1.29, 1.82) is 0 Å². The van der Waals surface area contributed by atoms with Crippen LogP contribution in [0.5, 0.6) is 0 Å². The number of hydrogen-bond donors (Lipinski definition) is 2. The van der Waals surface area contributed by atoms with Crippen molar-refractivity contribution in [1.82, 2.24) is 14.8 Å². The van der Waals surface area contributed by atoms with E-state index in [0.717, 1.165) is 6.07 Å². The maximum absolute atomic E-state index is 13.4. The number of halogens is 1. The molecular weight excluding hydrogens is 261 g/mol. The molecule has 0 spiro atoms. The number of nitrogens with one attached hydrogen (secondary N) is 1. The average Bonchev–Trinajstić information content (AvgIpc) is 2.61. The summed E-state index contributed by atoms with van der Waals surface area (Å²) in [6.07, 6.45) is 2.47. The fourth-order valence-electron chi connectivity index (χ4n) is 1.32. The molecule has 2 aromatic heterocycles. The largest absolute Gasteiger partial charge is 0.394 e. The van der Waals surface area contributed by atoms with E-state index in [-0.39, 0.29) is 11.5 Å². The molecule has 0 atom stereocenters. The number of nitrogens with two attached hydrogens (primary N) is 1. The van der Waals surface area contributed by atoms with Crippen molar-refractivity contribution >= 4 is 21.5 Å². The molecule has 0 aliphatic carbocycles. The van der Waals surface area contributed by atoms with Crippen molar-refractivity contribution < 1.29 is 12.8 Å². The second-order valence-corrected chi connectivity index (χ2v) is 5.07. The molecule has 0 unspecified atom stereocenters. The number of hydrogen-bond acceptors (Lipinski definition) is 5. The lowest BCUT2D eigenvalue weighted by atomic mass is 10.5. The number of nitrogen functional groups attached to an aromatic ring is 1. The first-order valence-corrected chi connectivity index (χ1v) is 6.31. The van der Waals surface area contributed by atoms with Gasteiger partial charge in [0.25, 0.3) is 10.0 Å². The van der Waals surface area contributed by atoms with Crippen LogP contribution in [0.1, 0.15) is 0 Å². The standard InChI is InChI=1S/C9H10FN5O2S/c1-15-8(7(11)5-13-15)14-18(16,17)9-6(10)3-2-4-12-9/h2-5,14H,11H2,1H3. The Bertz CT molecular complexity index is 663. The van der Waals surface area contributed by atoms with Crippen LogP contribution in [-0.2, 0) is 17.1 Å². The lowest BCUT2D eigenvalue weighted by Crippen LogP contribution is -2.18. The first kappa shape index (κ1) is 12.3. The van der Waals surface area contributed by atoms with E-state index in [4.69, 9.17) is 5.73 Å². The Labute approximate surface area is 102 Å². The molecule has 3 N–H and O–H groups in total. The molecule has 2 aromatic rings. The highest BCUT2D eigenvalue weighted by atomic mass is 32.2. The van der Waals surface area contributed by atoms with Crippen LogP contribution in [0.25, 0.3) is 0 Å². The van der Waals surface area contributed by atoms with Gasteiger partial charge in [-0.25, -0.2) is 9.37 Å². The summed E-state index contributed by atoms with van der Waals surface area (Å²) in [6, 6.07) is 2.31. The smallest absolute Gasteiger partial charge is 0.283 e. The molecule has 0 bridgehead atoms. The Balaban J connectivity index is 2.43. The normalized spacial score (nSPS) is 11.4. The molecule has 0 saturated carbocycles. The van der Waals surface area contributed by atoms with E-state index < -0.39 is 20.9 Å². The summed E-state index contributed by atoms with van der Waals surface area (Å²) in [5.74, 6) is -0.884. The van der Waals surface area contributed by atoms with Crippen LogP contribution < -0.4 is 10.5 Å². The molecule has 0 amide bonds. The number of nitrogens with zero attached hydrogens (tertiary/aromatic N) is 3. The van der Waals surface area contributed by atoms with Crippen LogP contribution in [0.2, 0.25) is 0 Å². The molecule has 0 aromatic carbocycles. The summed E-state index contributed by atoms with van der Waals surface area (Å²) in [6.45, 7) is 0. The zero-order chi connectivity index (χ0) is 13.3. The molecule has 2 rings (SSSR count). The van der Waals surface area contributed by atoms with Gasteiger partial charge in [-0.1, -0.05) is 0 Å². The second-order valence-electron chi connectivity index (χ2n) is 3.47. The minimum Gasteiger partial charge on any atom is -0.394 e. The molecular formula is C9H10FN5O2S. The van der Waals surface area contributed by atoms with E-state index in [1.54, 1.807) is 0 Å². The number of aromatic nitrogens is 3. The highest BCUT2D eigenvalue weighted by Crippen LogP contribution is 2.20. The van der Waals surface area contributed by atoms with E-state index in [2.05, 4.69) is 14.8 Å². The number of aryl methyl sites for hydroxylation is 1. The number of rotatable bonds is 3. The van der Waals surface area contributed by atoms with Crippen molar-refractivity contribution in [3.8, 4) is 0 Å². The van der Waals surface area contributed by atoms with Crippen LogP contribution in [-0.4, -0.2) is 23.2 Å². The van der Waals surface area contributed by atoms with Crippen molar-refractivity contribution in [2.75, 3.05) is 10.5 Å². The van der Waals surface area contributed by atoms with E-state index in [9.17, 15) is 12.8 Å². The number of sulfonamides is 1. The molecule has 9 heteroatoms. The summed E-state index contributed by atoms with van der Waals surface area (Å²) >= 11 is 0. The third-order valence-electron chi connectivity index (χ3n) is 2.18. The fraction of sp³-hybridized carbons (Fsp3) is 0.111.